The van der Waals surface area contributed by atoms with Gasteiger partial charge in [0.15, 0.2) is 0 Å². The minimum absolute atomic E-state index is 0.104. The first-order chi connectivity index (χ1) is 11.3. The zero-order valence-electron chi connectivity index (χ0n) is 13.4. The number of ether oxygens (including phenoxy) is 2. The van der Waals surface area contributed by atoms with Gasteiger partial charge in [-0.1, -0.05) is 12.5 Å². The van der Waals surface area contributed by atoms with Gasteiger partial charge in [-0.05, 0) is 37.7 Å². The van der Waals surface area contributed by atoms with E-state index in [1.54, 1.807) is 6.20 Å². The fraction of sp³-hybridized carbons (Fsp3) is 0.667. The van der Waals surface area contributed by atoms with Gasteiger partial charge < -0.3 is 14.4 Å². The Morgan fingerprint density at radius 3 is 2.91 bits per heavy atom. The molecule has 5 heteroatoms. The Morgan fingerprint density at radius 1 is 1.35 bits per heavy atom. The number of hydrogen-bond donors (Lipinski definition) is 0. The summed E-state index contributed by atoms with van der Waals surface area (Å²) in [6, 6.07) is 5.69. The molecule has 5 nitrogen and oxygen atoms in total. The Balaban J connectivity index is 1.27. The van der Waals surface area contributed by atoms with Crippen molar-refractivity contribution < 1.29 is 14.3 Å². The van der Waals surface area contributed by atoms with Crippen molar-refractivity contribution in [3.63, 3.8) is 0 Å². The number of amides is 1. The van der Waals surface area contributed by atoms with Crippen LogP contribution in [0.15, 0.2) is 24.4 Å². The van der Waals surface area contributed by atoms with Crippen LogP contribution in [0, 0.1) is 11.8 Å². The summed E-state index contributed by atoms with van der Waals surface area (Å²) in [7, 11) is 0. The van der Waals surface area contributed by atoms with E-state index in [1.807, 2.05) is 23.1 Å². The maximum absolute atomic E-state index is 12.3. The van der Waals surface area contributed by atoms with Crippen LogP contribution in [-0.2, 0) is 9.53 Å². The maximum atomic E-state index is 12.3. The number of hydrogen-bond acceptors (Lipinski definition) is 4. The first-order valence-electron chi connectivity index (χ1n) is 8.73. The largest absolute Gasteiger partial charge is 0.478 e. The highest BCUT2D eigenvalue weighted by Gasteiger charge is 2.54. The van der Waals surface area contributed by atoms with Crippen molar-refractivity contribution in [2.24, 2.45) is 11.8 Å². The molecule has 1 saturated carbocycles. The number of rotatable bonds is 5. The summed E-state index contributed by atoms with van der Waals surface area (Å²) in [5, 5.41) is 0. The molecule has 3 aliphatic rings. The summed E-state index contributed by atoms with van der Waals surface area (Å²) in [5.41, 5.74) is -0.104. The van der Waals surface area contributed by atoms with Gasteiger partial charge in [0.2, 0.25) is 11.8 Å². The second-order valence-electron chi connectivity index (χ2n) is 7.03. The van der Waals surface area contributed by atoms with E-state index in [0.717, 1.165) is 45.4 Å². The lowest BCUT2D eigenvalue weighted by Gasteiger charge is -2.51. The number of carbonyl (C=O) groups excluding carboxylic acids is 1. The van der Waals surface area contributed by atoms with E-state index in [4.69, 9.17) is 9.47 Å². The van der Waals surface area contributed by atoms with Gasteiger partial charge in [-0.3, -0.25) is 4.79 Å². The molecule has 4 rings (SSSR count). The van der Waals surface area contributed by atoms with E-state index in [1.165, 1.54) is 6.42 Å². The molecule has 1 amide bonds. The van der Waals surface area contributed by atoms with Gasteiger partial charge in [-0.25, -0.2) is 4.98 Å². The number of nitrogens with zero attached hydrogens (tertiary/aromatic N) is 2. The molecule has 3 fully saturated rings. The molecule has 3 heterocycles. The van der Waals surface area contributed by atoms with E-state index in [-0.39, 0.29) is 5.60 Å². The molecular weight excluding hydrogens is 292 g/mol. The summed E-state index contributed by atoms with van der Waals surface area (Å²) in [6.07, 6.45) is 7.12. The average Bonchev–Trinajstić information content (AvgIpc) is 2.89. The molecule has 1 aliphatic carbocycles. The second kappa shape index (κ2) is 6.11. The van der Waals surface area contributed by atoms with Crippen molar-refractivity contribution in [3.05, 3.63) is 24.4 Å². The first kappa shape index (κ1) is 14.9. The van der Waals surface area contributed by atoms with Gasteiger partial charge in [0.25, 0.3) is 0 Å². The Bertz CT molecular complexity index is 553. The van der Waals surface area contributed by atoms with Crippen molar-refractivity contribution in [1.29, 1.82) is 0 Å². The molecule has 124 valence electrons. The quantitative estimate of drug-likeness (QED) is 0.836. The lowest BCUT2D eigenvalue weighted by molar-refractivity contribution is -0.171. The fourth-order valence-electron chi connectivity index (χ4n) is 3.95. The first-order valence-corrected chi connectivity index (χ1v) is 8.73. The van der Waals surface area contributed by atoms with E-state index >= 15 is 0 Å². The van der Waals surface area contributed by atoms with Crippen LogP contribution in [0.4, 0.5) is 0 Å². The molecular formula is C18H24N2O3. The van der Waals surface area contributed by atoms with Crippen molar-refractivity contribution in [1.82, 2.24) is 9.88 Å². The topological polar surface area (TPSA) is 51.7 Å². The van der Waals surface area contributed by atoms with Crippen molar-refractivity contribution in [2.75, 3.05) is 26.3 Å². The number of aromatic nitrogens is 1. The molecule has 23 heavy (non-hydrogen) atoms. The number of likely N-dealkylation sites (tertiary alicyclic amines) is 1. The lowest BCUT2D eigenvalue weighted by atomic mass is 9.77. The van der Waals surface area contributed by atoms with Gasteiger partial charge >= 0.3 is 0 Å². The Kier molecular flexibility index (Phi) is 3.97. The van der Waals surface area contributed by atoms with Crippen molar-refractivity contribution >= 4 is 5.91 Å². The summed E-state index contributed by atoms with van der Waals surface area (Å²) in [5.74, 6) is 1.80. The lowest BCUT2D eigenvalue weighted by Crippen LogP contribution is -2.67. The highest BCUT2D eigenvalue weighted by Crippen LogP contribution is 2.43. The highest BCUT2D eigenvalue weighted by molar-refractivity contribution is 5.80. The zero-order valence-corrected chi connectivity index (χ0v) is 13.4. The van der Waals surface area contributed by atoms with Crippen LogP contribution in [0.1, 0.15) is 32.1 Å². The zero-order chi connectivity index (χ0) is 15.7. The van der Waals surface area contributed by atoms with Crippen LogP contribution in [0.3, 0.4) is 0 Å². The monoisotopic (exact) mass is 316 g/mol. The average molecular weight is 316 g/mol. The van der Waals surface area contributed by atoms with Crippen LogP contribution in [0.5, 0.6) is 5.88 Å². The summed E-state index contributed by atoms with van der Waals surface area (Å²) < 4.78 is 11.8. The van der Waals surface area contributed by atoms with E-state index in [9.17, 15) is 4.79 Å². The summed E-state index contributed by atoms with van der Waals surface area (Å²) in [4.78, 5) is 18.5. The molecule has 1 aromatic rings. The summed E-state index contributed by atoms with van der Waals surface area (Å²) >= 11 is 0. The molecule has 2 saturated heterocycles. The third-order valence-corrected chi connectivity index (χ3v) is 5.64. The van der Waals surface area contributed by atoms with Crippen LogP contribution in [0.25, 0.3) is 0 Å². The van der Waals surface area contributed by atoms with Gasteiger partial charge in [-0.2, -0.15) is 0 Å². The van der Waals surface area contributed by atoms with E-state index in [2.05, 4.69) is 4.98 Å². The fourth-order valence-corrected chi connectivity index (χ4v) is 3.95. The third-order valence-electron chi connectivity index (χ3n) is 5.64. The third kappa shape index (κ3) is 2.82. The van der Waals surface area contributed by atoms with Crippen molar-refractivity contribution in [2.45, 2.75) is 37.7 Å². The second-order valence-corrected chi connectivity index (χ2v) is 7.03. The number of carbonyl (C=O) groups is 1. The Labute approximate surface area is 137 Å². The molecule has 0 radical (unpaired) electrons. The van der Waals surface area contributed by atoms with Gasteiger partial charge in [-0.15, -0.1) is 0 Å². The molecule has 1 atom stereocenters. The molecule has 1 aromatic heterocycles. The van der Waals surface area contributed by atoms with Crippen LogP contribution in [-0.4, -0.2) is 47.7 Å². The van der Waals surface area contributed by atoms with Crippen LogP contribution in [0.2, 0.25) is 0 Å². The molecule has 2 aliphatic heterocycles. The van der Waals surface area contributed by atoms with Gasteiger partial charge in [0.1, 0.15) is 5.60 Å². The van der Waals surface area contributed by atoms with E-state index in [0.29, 0.717) is 30.2 Å². The van der Waals surface area contributed by atoms with Gasteiger partial charge in [0.05, 0.1) is 19.7 Å². The minimum Gasteiger partial charge on any atom is -0.478 e. The van der Waals surface area contributed by atoms with E-state index < -0.39 is 0 Å². The smallest absolute Gasteiger partial charge is 0.225 e. The standard InChI is InChI=1S/C18H24N2O3/c21-17(14-4-3-5-14)20-12-18(13-20)15(8-11-23-18)7-10-22-16-6-1-2-9-19-16/h1-2,6,9,14-15H,3-5,7-8,10-13H2. The molecule has 0 N–H and O–H groups in total. The Hall–Kier alpha value is -1.62. The summed E-state index contributed by atoms with van der Waals surface area (Å²) in [6.45, 7) is 3.01. The predicted molar refractivity (Wildman–Crippen MR) is 85.1 cm³/mol. The van der Waals surface area contributed by atoms with Crippen LogP contribution < -0.4 is 4.74 Å². The molecule has 1 unspecified atom stereocenters. The Morgan fingerprint density at radius 2 is 2.22 bits per heavy atom. The highest BCUT2D eigenvalue weighted by atomic mass is 16.5. The number of pyridine rings is 1. The predicted octanol–water partition coefficient (Wildman–Crippen LogP) is 2.27. The maximum Gasteiger partial charge on any atom is 0.225 e. The molecule has 1 spiro atoms. The van der Waals surface area contributed by atoms with Crippen molar-refractivity contribution in [3.8, 4) is 5.88 Å². The molecule has 0 bridgehead atoms. The minimum atomic E-state index is -0.104. The SMILES string of the molecule is O=C(C1CCC1)N1CC2(C1)OCCC2CCOc1ccccn1. The molecule has 0 aromatic carbocycles. The normalized spacial score (nSPS) is 25.9. The van der Waals surface area contributed by atoms with Gasteiger partial charge in [0, 0.05) is 24.8 Å². The van der Waals surface area contributed by atoms with Crippen LogP contribution >= 0.6 is 0 Å².